The van der Waals surface area contributed by atoms with Crippen LogP contribution in [0.4, 0.5) is 0 Å². The number of ether oxygens (including phenoxy) is 4. The highest BCUT2D eigenvalue weighted by Crippen LogP contribution is 2.48. The molecule has 0 N–H and O–H groups in total. The van der Waals surface area contributed by atoms with Gasteiger partial charge in [0.05, 0.1) is 19.3 Å². The first-order valence-corrected chi connectivity index (χ1v) is 9.96. The maximum absolute atomic E-state index is 11.7. The highest BCUT2D eigenvalue weighted by atomic mass is 16.7. The molecule has 4 rings (SSSR count). The van der Waals surface area contributed by atoms with Crippen molar-refractivity contribution >= 4 is 6.41 Å². The zero-order valence-electron chi connectivity index (χ0n) is 17.3. The molecule has 29 heavy (non-hydrogen) atoms. The van der Waals surface area contributed by atoms with Gasteiger partial charge < -0.3 is 23.8 Å². The van der Waals surface area contributed by atoms with Crippen molar-refractivity contribution in [1.82, 2.24) is 4.90 Å². The highest BCUT2D eigenvalue weighted by Gasteiger charge is 2.35. The first-order chi connectivity index (χ1) is 14.0. The number of benzene rings is 2. The lowest BCUT2D eigenvalue weighted by atomic mass is 9.75. The summed E-state index contributed by atoms with van der Waals surface area (Å²) in [4.78, 5) is 13.5. The number of carbonyl (C=O) groups is 1. The lowest BCUT2D eigenvalue weighted by Gasteiger charge is -2.38. The van der Waals surface area contributed by atoms with Gasteiger partial charge in [0, 0.05) is 13.0 Å². The monoisotopic (exact) mass is 397 g/mol. The largest absolute Gasteiger partial charge is 0.493 e. The summed E-state index contributed by atoms with van der Waals surface area (Å²) < 4.78 is 22.6. The zero-order chi connectivity index (χ0) is 20.5. The number of carbonyl (C=O) groups excluding carboxylic acids is 1. The van der Waals surface area contributed by atoms with E-state index in [0.717, 1.165) is 47.6 Å². The van der Waals surface area contributed by atoms with Gasteiger partial charge in [-0.25, -0.2) is 0 Å². The van der Waals surface area contributed by atoms with E-state index in [-0.39, 0.29) is 24.9 Å². The van der Waals surface area contributed by atoms with E-state index in [9.17, 15) is 4.79 Å². The second-order valence-corrected chi connectivity index (χ2v) is 7.84. The molecule has 1 aliphatic carbocycles. The summed E-state index contributed by atoms with van der Waals surface area (Å²) in [6, 6.07) is 10.1. The standard InChI is InChI=1S/C23H27NO5/c1-14(2)29-19-8-6-15(9-20(19)26-4)17-7-5-16-10-21-22(28-13-27-21)11-18(16)23(17)24(3)12-25/h6,8-12,14,17,23H,5,7,13H2,1-4H3/t17-,23+/m1/s1. The summed E-state index contributed by atoms with van der Waals surface area (Å²) in [6.45, 7) is 4.22. The van der Waals surface area contributed by atoms with Gasteiger partial charge in [0.2, 0.25) is 13.2 Å². The minimum Gasteiger partial charge on any atom is -0.493 e. The first-order valence-electron chi connectivity index (χ1n) is 9.96. The fraction of sp³-hybridized carbons (Fsp3) is 0.435. The molecule has 6 nitrogen and oxygen atoms in total. The van der Waals surface area contributed by atoms with Gasteiger partial charge in [0.1, 0.15) is 0 Å². The van der Waals surface area contributed by atoms with E-state index in [2.05, 4.69) is 12.1 Å². The van der Waals surface area contributed by atoms with Crippen LogP contribution < -0.4 is 18.9 Å². The predicted molar refractivity (Wildman–Crippen MR) is 109 cm³/mol. The molecule has 6 heteroatoms. The van der Waals surface area contributed by atoms with Crippen molar-refractivity contribution in [2.75, 3.05) is 21.0 Å². The van der Waals surface area contributed by atoms with Crippen LogP contribution in [0.15, 0.2) is 30.3 Å². The van der Waals surface area contributed by atoms with Crippen LogP contribution in [-0.2, 0) is 11.2 Å². The Morgan fingerprint density at radius 2 is 1.90 bits per heavy atom. The minimum atomic E-state index is -0.0904. The number of aryl methyl sites for hydroxylation is 1. The summed E-state index contributed by atoms with van der Waals surface area (Å²) in [5, 5.41) is 0. The molecular weight excluding hydrogens is 370 g/mol. The molecule has 2 aromatic rings. The average Bonchev–Trinajstić information content (AvgIpc) is 3.18. The maximum Gasteiger partial charge on any atom is 0.231 e. The molecule has 0 spiro atoms. The molecule has 0 unspecified atom stereocenters. The predicted octanol–water partition coefficient (Wildman–Crippen LogP) is 4.07. The van der Waals surface area contributed by atoms with Crippen LogP contribution >= 0.6 is 0 Å². The van der Waals surface area contributed by atoms with Crippen molar-refractivity contribution in [2.24, 2.45) is 0 Å². The van der Waals surface area contributed by atoms with Gasteiger partial charge in [0.15, 0.2) is 23.0 Å². The average molecular weight is 397 g/mol. The highest BCUT2D eigenvalue weighted by molar-refractivity contribution is 5.56. The third-order valence-corrected chi connectivity index (χ3v) is 5.64. The van der Waals surface area contributed by atoms with Gasteiger partial charge in [-0.2, -0.15) is 0 Å². The van der Waals surface area contributed by atoms with Crippen molar-refractivity contribution in [3.63, 3.8) is 0 Å². The van der Waals surface area contributed by atoms with Crippen molar-refractivity contribution in [1.29, 1.82) is 0 Å². The number of amides is 1. The molecule has 0 bridgehead atoms. The molecule has 0 aromatic heterocycles. The lowest BCUT2D eigenvalue weighted by molar-refractivity contribution is -0.119. The molecule has 0 fully saturated rings. The van der Waals surface area contributed by atoms with Crippen LogP contribution in [0.3, 0.4) is 0 Å². The molecule has 1 aliphatic heterocycles. The Labute approximate surface area is 171 Å². The van der Waals surface area contributed by atoms with Crippen molar-refractivity contribution in [2.45, 2.75) is 44.8 Å². The molecule has 0 radical (unpaired) electrons. The van der Waals surface area contributed by atoms with E-state index >= 15 is 0 Å². The number of nitrogens with zero attached hydrogens (tertiary/aromatic N) is 1. The number of fused-ring (bicyclic) bond motifs is 2. The van der Waals surface area contributed by atoms with Gasteiger partial charge >= 0.3 is 0 Å². The molecule has 2 aliphatic rings. The number of hydrogen-bond donors (Lipinski definition) is 0. The van der Waals surface area contributed by atoms with E-state index < -0.39 is 0 Å². The molecular formula is C23H27NO5. The number of methoxy groups -OCH3 is 1. The maximum atomic E-state index is 11.7. The molecule has 1 amide bonds. The Kier molecular flexibility index (Phi) is 5.26. The Morgan fingerprint density at radius 3 is 2.59 bits per heavy atom. The summed E-state index contributed by atoms with van der Waals surface area (Å²) in [5.74, 6) is 3.10. The van der Waals surface area contributed by atoms with Gasteiger partial charge in [-0.05, 0) is 67.6 Å². The third-order valence-electron chi connectivity index (χ3n) is 5.64. The minimum absolute atomic E-state index is 0.0644. The van der Waals surface area contributed by atoms with Gasteiger partial charge in [0.25, 0.3) is 0 Å². The number of hydrogen-bond acceptors (Lipinski definition) is 5. The van der Waals surface area contributed by atoms with E-state index in [0.29, 0.717) is 5.75 Å². The normalized spacial score (nSPS) is 19.6. The fourth-order valence-electron chi connectivity index (χ4n) is 4.36. The lowest BCUT2D eigenvalue weighted by Crippen LogP contribution is -2.32. The smallest absolute Gasteiger partial charge is 0.231 e. The van der Waals surface area contributed by atoms with Crippen LogP contribution in [0.25, 0.3) is 0 Å². The summed E-state index contributed by atoms with van der Waals surface area (Å²) in [7, 11) is 3.48. The Hall–Kier alpha value is -2.89. The molecule has 2 aromatic carbocycles. The first kappa shape index (κ1) is 19.4. The summed E-state index contributed by atoms with van der Waals surface area (Å²) in [6.07, 6.45) is 2.79. The molecule has 0 saturated heterocycles. The molecule has 2 atom stereocenters. The van der Waals surface area contributed by atoms with Crippen LogP contribution in [0, 0.1) is 0 Å². The quantitative estimate of drug-likeness (QED) is 0.688. The fourth-order valence-corrected chi connectivity index (χ4v) is 4.36. The topological polar surface area (TPSA) is 57.2 Å². The second kappa shape index (κ2) is 7.85. The van der Waals surface area contributed by atoms with Crippen LogP contribution in [0.5, 0.6) is 23.0 Å². The Balaban J connectivity index is 1.74. The third kappa shape index (κ3) is 3.59. The second-order valence-electron chi connectivity index (χ2n) is 7.84. The molecule has 0 saturated carbocycles. The van der Waals surface area contributed by atoms with Crippen molar-refractivity contribution < 1.29 is 23.7 Å². The number of rotatable bonds is 6. The van der Waals surface area contributed by atoms with E-state index in [1.807, 2.05) is 39.1 Å². The van der Waals surface area contributed by atoms with Crippen molar-refractivity contribution in [3.8, 4) is 23.0 Å². The van der Waals surface area contributed by atoms with Gasteiger partial charge in [-0.1, -0.05) is 6.07 Å². The van der Waals surface area contributed by atoms with E-state index in [1.54, 1.807) is 12.0 Å². The van der Waals surface area contributed by atoms with Gasteiger partial charge in [-0.3, -0.25) is 4.79 Å². The Morgan fingerprint density at radius 1 is 1.14 bits per heavy atom. The Bertz CT molecular complexity index is 910. The zero-order valence-corrected chi connectivity index (χ0v) is 17.3. The van der Waals surface area contributed by atoms with Crippen molar-refractivity contribution in [3.05, 3.63) is 47.0 Å². The van der Waals surface area contributed by atoms with E-state index in [1.165, 1.54) is 5.56 Å². The van der Waals surface area contributed by atoms with Gasteiger partial charge in [-0.15, -0.1) is 0 Å². The van der Waals surface area contributed by atoms with Crippen LogP contribution in [0.1, 0.15) is 48.9 Å². The van der Waals surface area contributed by atoms with E-state index in [4.69, 9.17) is 18.9 Å². The molecule has 1 heterocycles. The van der Waals surface area contributed by atoms with Crippen LogP contribution in [-0.4, -0.2) is 38.4 Å². The van der Waals surface area contributed by atoms with Crippen LogP contribution in [0.2, 0.25) is 0 Å². The summed E-state index contributed by atoms with van der Waals surface area (Å²) in [5.41, 5.74) is 3.44. The SMILES string of the molecule is COc1cc([C@H]2CCc3cc4c(cc3[C@H]2N(C)C=O)OCO4)ccc1OC(C)C. The number of likely N-dealkylation sites (N-methyl/N-ethyl adjacent to an activating group) is 1. The molecule has 154 valence electrons. The summed E-state index contributed by atoms with van der Waals surface area (Å²) >= 11 is 0.